The second kappa shape index (κ2) is 4.52. The summed E-state index contributed by atoms with van der Waals surface area (Å²) in [6.45, 7) is 4.85. The molecule has 16 heavy (non-hydrogen) atoms. The van der Waals surface area contributed by atoms with Crippen LogP contribution < -0.4 is 4.90 Å². The normalized spacial score (nSPS) is 21.6. The zero-order chi connectivity index (χ0) is 11.5. The molecule has 0 bridgehead atoms. The summed E-state index contributed by atoms with van der Waals surface area (Å²) in [6, 6.07) is 9.90. The zero-order valence-electron chi connectivity index (χ0n) is 9.81. The van der Waals surface area contributed by atoms with Crippen LogP contribution in [0.2, 0.25) is 0 Å². The number of hydrogen-bond donors (Lipinski definition) is 0. The van der Waals surface area contributed by atoms with Gasteiger partial charge < -0.3 is 4.90 Å². The van der Waals surface area contributed by atoms with Crippen molar-refractivity contribution in [1.82, 2.24) is 0 Å². The summed E-state index contributed by atoms with van der Waals surface area (Å²) in [7, 11) is 0. The Morgan fingerprint density at radius 2 is 1.94 bits per heavy atom. The minimum atomic E-state index is -0.0114. The maximum Gasteiger partial charge on any atom is 0.233 e. The van der Waals surface area contributed by atoms with Gasteiger partial charge in [0.2, 0.25) is 5.91 Å². The number of nitrogens with zero attached hydrogens (tertiary/aromatic N) is 1. The fourth-order valence-corrected chi connectivity index (χ4v) is 2.09. The van der Waals surface area contributed by atoms with Crippen LogP contribution in [-0.2, 0) is 4.79 Å². The first kappa shape index (κ1) is 10.9. The monoisotopic (exact) mass is 215 g/mol. The van der Waals surface area contributed by atoms with Gasteiger partial charge in [-0.3, -0.25) is 4.79 Å². The van der Waals surface area contributed by atoms with Gasteiger partial charge in [0.25, 0.3) is 0 Å². The average Bonchev–Trinajstić information content (AvgIpc) is 2.41. The molecule has 0 saturated heterocycles. The van der Waals surface area contributed by atoms with Gasteiger partial charge in [0.1, 0.15) is 0 Å². The number of amides is 1. The Kier molecular flexibility index (Phi) is 3.09. The van der Waals surface area contributed by atoms with E-state index in [1.54, 1.807) is 0 Å². The van der Waals surface area contributed by atoms with Crippen LogP contribution in [0.5, 0.6) is 0 Å². The average molecular weight is 215 g/mol. The van der Waals surface area contributed by atoms with Crippen molar-refractivity contribution in [2.75, 3.05) is 11.4 Å². The van der Waals surface area contributed by atoms with Crippen molar-refractivity contribution >= 4 is 11.6 Å². The van der Waals surface area contributed by atoms with E-state index in [4.69, 9.17) is 0 Å². The van der Waals surface area contributed by atoms with Gasteiger partial charge in [0, 0.05) is 12.2 Å². The molecule has 1 aliphatic rings. The van der Waals surface area contributed by atoms with E-state index in [2.05, 4.69) is 13.0 Å². The van der Waals surface area contributed by atoms with Crippen molar-refractivity contribution < 1.29 is 4.79 Å². The van der Waals surface area contributed by atoms with E-state index < -0.39 is 0 Å². The van der Waals surface area contributed by atoms with Crippen LogP contribution in [0.15, 0.2) is 42.0 Å². The SMILES string of the molecule is CC1=C[C@@H](C)C(=O)N(c2ccccc2)CC1. The summed E-state index contributed by atoms with van der Waals surface area (Å²) in [6.07, 6.45) is 3.04. The summed E-state index contributed by atoms with van der Waals surface area (Å²) >= 11 is 0. The van der Waals surface area contributed by atoms with Gasteiger partial charge in [-0.25, -0.2) is 0 Å². The van der Waals surface area contributed by atoms with Crippen molar-refractivity contribution in [3.05, 3.63) is 42.0 Å². The largest absolute Gasteiger partial charge is 0.312 e. The number of anilines is 1. The Morgan fingerprint density at radius 3 is 2.62 bits per heavy atom. The summed E-state index contributed by atoms with van der Waals surface area (Å²) < 4.78 is 0. The van der Waals surface area contributed by atoms with E-state index in [1.807, 2.05) is 42.2 Å². The molecule has 0 spiro atoms. The molecule has 2 heteroatoms. The summed E-state index contributed by atoms with van der Waals surface area (Å²) in [5.41, 5.74) is 2.31. The summed E-state index contributed by atoms with van der Waals surface area (Å²) in [4.78, 5) is 14.1. The van der Waals surface area contributed by atoms with Crippen LogP contribution in [0.4, 0.5) is 5.69 Å². The predicted octanol–water partition coefficient (Wildman–Crippen LogP) is 3.01. The highest BCUT2D eigenvalue weighted by atomic mass is 16.2. The standard InChI is InChI=1S/C14H17NO/c1-11-8-9-15(14(16)12(2)10-11)13-6-4-3-5-7-13/h3-7,10,12H,8-9H2,1-2H3/t12-/m1/s1. The molecule has 0 saturated carbocycles. The van der Waals surface area contributed by atoms with Crippen LogP contribution in [0.1, 0.15) is 20.3 Å². The summed E-state index contributed by atoms with van der Waals surface area (Å²) in [5.74, 6) is 0.186. The van der Waals surface area contributed by atoms with Gasteiger partial charge in [0.05, 0.1) is 5.92 Å². The van der Waals surface area contributed by atoms with Crippen LogP contribution in [0, 0.1) is 5.92 Å². The first-order valence-corrected chi connectivity index (χ1v) is 5.72. The van der Waals surface area contributed by atoms with Gasteiger partial charge in [-0.2, -0.15) is 0 Å². The molecular formula is C14H17NO. The number of rotatable bonds is 1. The minimum Gasteiger partial charge on any atom is -0.312 e. The lowest BCUT2D eigenvalue weighted by atomic mass is 10.1. The molecule has 0 N–H and O–H groups in total. The molecule has 1 atom stereocenters. The molecule has 0 unspecified atom stereocenters. The minimum absolute atomic E-state index is 0.0114. The Balaban J connectivity index is 2.27. The Bertz CT molecular complexity index is 408. The van der Waals surface area contributed by atoms with Crippen molar-refractivity contribution in [3.63, 3.8) is 0 Å². The van der Waals surface area contributed by atoms with E-state index in [9.17, 15) is 4.79 Å². The number of benzene rings is 1. The third-order valence-corrected chi connectivity index (χ3v) is 2.99. The second-order valence-corrected chi connectivity index (χ2v) is 4.38. The van der Waals surface area contributed by atoms with Crippen molar-refractivity contribution in [2.45, 2.75) is 20.3 Å². The highest BCUT2D eigenvalue weighted by molar-refractivity contribution is 5.96. The van der Waals surface area contributed by atoms with Gasteiger partial charge >= 0.3 is 0 Å². The lowest BCUT2D eigenvalue weighted by molar-refractivity contribution is -0.120. The molecule has 1 aromatic rings. The molecule has 1 aromatic carbocycles. The third-order valence-electron chi connectivity index (χ3n) is 2.99. The molecule has 1 heterocycles. The predicted molar refractivity (Wildman–Crippen MR) is 66.3 cm³/mol. The van der Waals surface area contributed by atoms with Gasteiger partial charge in [-0.05, 0) is 25.5 Å². The first-order valence-electron chi connectivity index (χ1n) is 5.72. The lowest BCUT2D eigenvalue weighted by Crippen LogP contribution is -2.34. The zero-order valence-corrected chi connectivity index (χ0v) is 9.81. The van der Waals surface area contributed by atoms with Gasteiger partial charge in [-0.1, -0.05) is 36.8 Å². The molecule has 2 nitrogen and oxygen atoms in total. The van der Waals surface area contributed by atoms with Crippen molar-refractivity contribution in [2.24, 2.45) is 5.92 Å². The van der Waals surface area contributed by atoms with Crippen LogP contribution in [0.25, 0.3) is 0 Å². The topological polar surface area (TPSA) is 20.3 Å². The second-order valence-electron chi connectivity index (χ2n) is 4.38. The van der Waals surface area contributed by atoms with Crippen LogP contribution in [-0.4, -0.2) is 12.5 Å². The van der Waals surface area contributed by atoms with E-state index in [0.717, 1.165) is 18.7 Å². The molecule has 1 aliphatic heterocycles. The Hall–Kier alpha value is -1.57. The molecule has 0 aliphatic carbocycles. The number of para-hydroxylation sites is 1. The number of carbonyl (C=O) groups is 1. The van der Waals surface area contributed by atoms with Crippen molar-refractivity contribution in [1.29, 1.82) is 0 Å². The highest BCUT2D eigenvalue weighted by Crippen LogP contribution is 2.22. The van der Waals surface area contributed by atoms with E-state index in [0.29, 0.717) is 0 Å². The highest BCUT2D eigenvalue weighted by Gasteiger charge is 2.22. The van der Waals surface area contributed by atoms with Crippen molar-refractivity contribution in [3.8, 4) is 0 Å². The molecule has 1 amide bonds. The number of carbonyl (C=O) groups excluding carboxylic acids is 1. The fourth-order valence-electron chi connectivity index (χ4n) is 2.09. The maximum absolute atomic E-state index is 12.2. The van der Waals surface area contributed by atoms with E-state index in [-0.39, 0.29) is 11.8 Å². The van der Waals surface area contributed by atoms with Crippen LogP contribution in [0.3, 0.4) is 0 Å². The Labute approximate surface area is 96.6 Å². The summed E-state index contributed by atoms with van der Waals surface area (Å²) in [5, 5.41) is 0. The van der Waals surface area contributed by atoms with Gasteiger partial charge in [-0.15, -0.1) is 0 Å². The molecule has 2 rings (SSSR count). The molecular weight excluding hydrogens is 198 g/mol. The fraction of sp³-hybridized carbons (Fsp3) is 0.357. The quantitative estimate of drug-likeness (QED) is 0.659. The number of hydrogen-bond acceptors (Lipinski definition) is 1. The molecule has 0 aromatic heterocycles. The molecule has 84 valence electrons. The Morgan fingerprint density at radius 1 is 1.25 bits per heavy atom. The maximum atomic E-state index is 12.2. The van der Waals surface area contributed by atoms with E-state index >= 15 is 0 Å². The van der Waals surface area contributed by atoms with E-state index in [1.165, 1.54) is 5.57 Å². The lowest BCUT2D eigenvalue weighted by Gasteiger charge is -2.22. The van der Waals surface area contributed by atoms with Gasteiger partial charge in [0.15, 0.2) is 0 Å². The first-order chi connectivity index (χ1) is 7.68. The molecule has 0 fully saturated rings. The third kappa shape index (κ3) is 2.16. The molecule has 0 radical (unpaired) electrons. The van der Waals surface area contributed by atoms with Crippen LogP contribution >= 0.6 is 0 Å². The smallest absolute Gasteiger partial charge is 0.233 e.